The van der Waals surface area contributed by atoms with Gasteiger partial charge >= 0.3 is 6.18 Å². The molecule has 0 unspecified atom stereocenters. The van der Waals surface area contributed by atoms with Crippen molar-refractivity contribution < 1.29 is 18.0 Å². The number of carbonyl (C=O) groups is 1. The lowest BCUT2D eigenvalue weighted by molar-refractivity contribution is -0.142. The molecule has 6 nitrogen and oxygen atoms in total. The van der Waals surface area contributed by atoms with Crippen molar-refractivity contribution in [3.63, 3.8) is 0 Å². The van der Waals surface area contributed by atoms with E-state index >= 15 is 0 Å². The SMILES string of the molecule is Cc1ccc(-c2cc(C(F)(F)F)n3nc(C(=O)N4CCN5CCC=C5C4)cc3n2)cc1. The van der Waals surface area contributed by atoms with Gasteiger partial charge in [-0.05, 0) is 19.4 Å². The Morgan fingerprint density at radius 3 is 2.58 bits per heavy atom. The summed E-state index contributed by atoms with van der Waals surface area (Å²) in [6.07, 6.45) is -1.60. The van der Waals surface area contributed by atoms with E-state index in [0.717, 1.165) is 34.8 Å². The molecule has 2 aliphatic heterocycles. The molecule has 1 aromatic carbocycles. The van der Waals surface area contributed by atoms with Crippen LogP contribution in [0, 0.1) is 6.92 Å². The molecule has 1 saturated heterocycles. The molecule has 2 aliphatic rings. The van der Waals surface area contributed by atoms with E-state index in [1.165, 1.54) is 6.07 Å². The number of rotatable bonds is 2. The van der Waals surface area contributed by atoms with Gasteiger partial charge in [0.15, 0.2) is 17.0 Å². The van der Waals surface area contributed by atoms with Crippen LogP contribution in [-0.2, 0) is 6.18 Å². The number of amides is 1. The van der Waals surface area contributed by atoms with Crippen molar-refractivity contribution in [1.82, 2.24) is 24.4 Å². The fraction of sp³-hybridized carbons (Fsp3) is 0.318. The second-order valence-corrected chi connectivity index (χ2v) is 7.89. The number of fused-ring (bicyclic) bond motifs is 2. The summed E-state index contributed by atoms with van der Waals surface area (Å²) in [7, 11) is 0. The maximum Gasteiger partial charge on any atom is 0.433 e. The third kappa shape index (κ3) is 3.54. The number of aromatic nitrogens is 3. The molecule has 0 saturated carbocycles. The molecule has 5 rings (SSSR count). The van der Waals surface area contributed by atoms with E-state index in [1.54, 1.807) is 17.0 Å². The first-order valence-corrected chi connectivity index (χ1v) is 10.1. The topological polar surface area (TPSA) is 53.7 Å². The Balaban J connectivity index is 1.55. The summed E-state index contributed by atoms with van der Waals surface area (Å²) >= 11 is 0. The summed E-state index contributed by atoms with van der Waals surface area (Å²) in [5, 5.41) is 4.00. The predicted molar refractivity (Wildman–Crippen MR) is 108 cm³/mol. The molecule has 0 aliphatic carbocycles. The first-order valence-electron chi connectivity index (χ1n) is 10.1. The zero-order chi connectivity index (χ0) is 21.8. The lowest BCUT2D eigenvalue weighted by atomic mass is 10.1. The van der Waals surface area contributed by atoms with Gasteiger partial charge in [0.1, 0.15) is 0 Å². The van der Waals surface area contributed by atoms with Gasteiger partial charge in [-0.2, -0.15) is 18.3 Å². The van der Waals surface area contributed by atoms with E-state index in [2.05, 4.69) is 21.1 Å². The van der Waals surface area contributed by atoms with Crippen LogP contribution in [0.25, 0.3) is 16.9 Å². The Hall–Kier alpha value is -3.36. The maximum atomic E-state index is 13.8. The van der Waals surface area contributed by atoms with E-state index in [1.807, 2.05) is 19.1 Å². The van der Waals surface area contributed by atoms with Crippen LogP contribution in [0.4, 0.5) is 13.2 Å². The minimum atomic E-state index is -4.65. The third-order valence-corrected chi connectivity index (χ3v) is 5.75. The zero-order valence-electron chi connectivity index (χ0n) is 16.9. The van der Waals surface area contributed by atoms with Gasteiger partial charge in [0, 0.05) is 37.0 Å². The summed E-state index contributed by atoms with van der Waals surface area (Å²) in [6.45, 7) is 4.53. The molecule has 2 aromatic heterocycles. The van der Waals surface area contributed by atoms with Crippen molar-refractivity contribution in [1.29, 1.82) is 0 Å². The van der Waals surface area contributed by atoms with Gasteiger partial charge in [0.2, 0.25) is 0 Å². The van der Waals surface area contributed by atoms with E-state index < -0.39 is 11.9 Å². The second kappa shape index (κ2) is 7.11. The molecule has 0 atom stereocenters. The molecule has 9 heteroatoms. The summed E-state index contributed by atoms with van der Waals surface area (Å²) < 4.78 is 42.1. The Morgan fingerprint density at radius 2 is 1.84 bits per heavy atom. The molecular formula is C22H20F3N5O. The Morgan fingerprint density at radius 1 is 1.06 bits per heavy atom. The highest BCUT2D eigenvalue weighted by molar-refractivity contribution is 5.93. The highest BCUT2D eigenvalue weighted by Crippen LogP contribution is 2.32. The van der Waals surface area contributed by atoms with Crippen LogP contribution in [-0.4, -0.2) is 56.5 Å². The molecule has 0 bridgehead atoms. The third-order valence-electron chi connectivity index (χ3n) is 5.75. The van der Waals surface area contributed by atoms with Crippen LogP contribution in [0.2, 0.25) is 0 Å². The lowest BCUT2D eigenvalue weighted by Crippen LogP contribution is -2.46. The van der Waals surface area contributed by atoms with Gasteiger partial charge in [0.05, 0.1) is 12.2 Å². The number of hydrogen-bond donors (Lipinski definition) is 0. The number of benzene rings is 1. The van der Waals surface area contributed by atoms with Crippen molar-refractivity contribution in [2.24, 2.45) is 0 Å². The van der Waals surface area contributed by atoms with Crippen molar-refractivity contribution in [2.45, 2.75) is 19.5 Å². The average Bonchev–Trinajstić information content (AvgIpc) is 3.38. The van der Waals surface area contributed by atoms with Gasteiger partial charge in [-0.25, -0.2) is 9.50 Å². The Bertz CT molecular complexity index is 1200. The van der Waals surface area contributed by atoms with Gasteiger partial charge in [-0.15, -0.1) is 0 Å². The molecular weight excluding hydrogens is 407 g/mol. The van der Waals surface area contributed by atoms with Crippen LogP contribution < -0.4 is 0 Å². The molecule has 4 heterocycles. The maximum absolute atomic E-state index is 13.8. The Kier molecular flexibility index (Phi) is 4.49. The van der Waals surface area contributed by atoms with Crippen molar-refractivity contribution >= 4 is 11.6 Å². The van der Waals surface area contributed by atoms with E-state index in [9.17, 15) is 18.0 Å². The minimum absolute atomic E-state index is 0.00697. The quantitative estimate of drug-likeness (QED) is 0.625. The minimum Gasteiger partial charge on any atom is -0.372 e. The second-order valence-electron chi connectivity index (χ2n) is 7.89. The predicted octanol–water partition coefficient (Wildman–Crippen LogP) is 3.77. The number of alkyl halides is 3. The molecule has 0 N–H and O–H groups in total. The fourth-order valence-corrected chi connectivity index (χ4v) is 4.08. The lowest BCUT2D eigenvalue weighted by Gasteiger charge is -2.35. The number of nitrogens with zero attached hydrogens (tertiary/aromatic N) is 5. The van der Waals surface area contributed by atoms with Gasteiger partial charge in [0.25, 0.3) is 5.91 Å². The molecule has 31 heavy (non-hydrogen) atoms. The van der Waals surface area contributed by atoms with Gasteiger partial charge in [-0.3, -0.25) is 4.79 Å². The van der Waals surface area contributed by atoms with Gasteiger partial charge < -0.3 is 9.80 Å². The van der Waals surface area contributed by atoms with Crippen LogP contribution in [0.15, 0.2) is 48.2 Å². The number of piperazine rings is 1. The standard InChI is InChI=1S/C22H20F3N5O/c1-14-4-6-15(7-5-14)17-11-19(22(23,24)25)30-20(26-17)12-18(27-30)21(31)29-10-9-28-8-2-3-16(28)13-29/h3-7,11-12H,2,8-10,13H2,1H3. The summed E-state index contributed by atoms with van der Waals surface area (Å²) in [4.78, 5) is 21.2. The zero-order valence-corrected chi connectivity index (χ0v) is 16.9. The van der Waals surface area contributed by atoms with E-state index in [-0.39, 0.29) is 22.9 Å². The van der Waals surface area contributed by atoms with Gasteiger partial charge in [-0.1, -0.05) is 35.9 Å². The fourth-order valence-electron chi connectivity index (χ4n) is 4.08. The molecule has 1 amide bonds. The van der Waals surface area contributed by atoms with Crippen molar-refractivity contribution in [3.8, 4) is 11.3 Å². The highest BCUT2D eigenvalue weighted by Gasteiger charge is 2.36. The molecule has 0 spiro atoms. The monoisotopic (exact) mass is 427 g/mol. The first kappa shape index (κ1) is 19.6. The highest BCUT2D eigenvalue weighted by atomic mass is 19.4. The van der Waals surface area contributed by atoms with Crippen LogP contribution in [0.5, 0.6) is 0 Å². The molecule has 160 valence electrons. The van der Waals surface area contributed by atoms with Crippen LogP contribution >= 0.6 is 0 Å². The van der Waals surface area contributed by atoms with Crippen LogP contribution in [0.3, 0.4) is 0 Å². The van der Waals surface area contributed by atoms with E-state index in [0.29, 0.717) is 25.2 Å². The average molecular weight is 427 g/mol. The largest absolute Gasteiger partial charge is 0.433 e. The van der Waals surface area contributed by atoms with Crippen LogP contribution in [0.1, 0.15) is 28.2 Å². The molecule has 3 aromatic rings. The summed E-state index contributed by atoms with van der Waals surface area (Å²) in [5.74, 6) is -0.386. The summed E-state index contributed by atoms with van der Waals surface area (Å²) in [5.41, 5.74) is 1.82. The number of carbonyl (C=O) groups excluding carboxylic acids is 1. The molecule has 0 radical (unpaired) electrons. The smallest absolute Gasteiger partial charge is 0.372 e. The Labute approximate surface area is 176 Å². The number of aryl methyl sites for hydroxylation is 1. The van der Waals surface area contributed by atoms with E-state index in [4.69, 9.17) is 0 Å². The number of hydrogen-bond acceptors (Lipinski definition) is 4. The number of halogens is 3. The van der Waals surface area contributed by atoms with Crippen molar-refractivity contribution in [3.05, 3.63) is 65.1 Å². The molecule has 1 fully saturated rings. The van der Waals surface area contributed by atoms with Crippen molar-refractivity contribution in [2.75, 3.05) is 26.2 Å². The normalized spacial score (nSPS) is 16.6. The summed E-state index contributed by atoms with van der Waals surface area (Å²) in [6, 6.07) is 9.40. The first-order chi connectivity index (χ1) is 14.8.